The average Bonchev–Trinajstić information content (AvgIpc) is 2.63. The summed E-state index contributed by atoms with van der Waals surface area (Å²) in [6, 6.07) is 1.73. The molecule has 0 bridgehead atoms. The highest BCUT2D eigenvalue weighted by Gasteiger charge is 2.26. The second-order valence-electron chi connectivity index (χ2n) is 3.27. The molecule has 0 saturated heterocycles. The summed E-state index contributed by atoms with van der Waals surface area (Å²) in [4.78, 5) is 17.2. The summed E-state index contributed by atoms with van der Waals surface area (Å²) < 4.78 is 4.91. The highest BCUT2D eigenvalue weighted by atomic mass is 35.5. The Kier molecular flexibility index (Phi) is 2.77. The number of rotatable bonds is 1. The topological polar surface area (TPSA) is 42.4 Å². The molecule has 0 aliphatic carbocycles. The quantitative estimate of drug-likeness (QED) is 0.737. The van der Waals surface area contributed by atoms with Crippen molar-refractivity contribution in [2.75, 3.05) is 6.61 Å². The predicted molar refractivity (Wildman–Crippen MR) is 55.5 cm³/mol. The van der Waals surface area contributed by atoms with Crippen LogP contribution in [0.15, 0.2) is 12.3 Å². The van der Waals surface area contributed by atoms with Crippen molar-refractivity contribution in [3.8, 4) is 0 Å². The Bertz CT molecular complexity index is 395. The molecule has 0 N–H and O–H groups in total. The van der Waals surface area contributed by atoms with Crippen molar-refractivity contribution in [3.63, 3.8) is 0 Å². The van der Waals surface area contributed by atoms with E-state index in [1.807, 2.05) is 0 Å². The van der Waals surface area contributed by atoms with E-state index in [-0.39, 0.29) is 6.09 Å². The van der Waals surface area contributed by atoms with E-state index in [2.05, 4.69) is 4.98 Å². The van der Waals surface area contributed by atoms with Crippen LogP contribution in [0.4, 0.5) is 4.79 Å². The van der Waals surface area contributed by atoms with Gasteiger partial charge in [-0.05, 0) is 13.0 Å². The predicted octanol–water partition coefficient (Wildman–Crippen LogP) is 2.21. The molecule has 15 heavy (non-hydrogen) atoms. The average molecular weight is 227 g/mol. The smallest absolute Gasteiger partial charge is 0.410 e. The van der Waals surface area contributed by atoms with Crippen LogP contribution >= 0.6 is 11.6 Å². The van der Waals surface area contributed by atoms with Gasteiger partial charge >= 0.3 is 6.09 Å². The Balaban J connectivity index is 2.15. The fourth-order valence-electron chi connectivity index (χ4n) is 1.58. The molecule has 1 aliphatic rings. The van der Waals surface area contributed by atoms with Crippen molar-refractivity contribution in [3.05, 3.63) is 28.5 Å². The van der Waals surface area contributed by atoms with Crippen LogP contribution in [0.1, 0.15) is 18.2 Å². The molecule has 2 rings (SSSR count). The molecule has 0 radical (unpaired) electrons. The number of hydrogen-bond donors (Lipinski definition) is 0. The van der Waals surface area contributed by atoms with Crippen LogP contribution in [0.5, 0.6) is 0 Å². The second-order valence-corrected chi connectivity index (χ2v) is 3.68. The number of carbonyl (C=O) groups is 1. The van der Waals surface area contributed by atoms with Gasteiger partial charge in [0.1, 0.15) is 0 Å². The van der Waals surface area contributed by atoms with Gasteiger partial charge in [-0.2, -0.15) is 0 Å². The van der Waals surface area contributed by atoms with Crippen molar-refractivity contribution in [1.82, 2.24) is 9.88 Å². The summed E-state index contributed by atoms with van der Waals surface area (Å²) in [6.45, 7) is 3.13. The lowest BCUT2D eigenvalue weighted by Gasteiger charge is -2.13. The maximum atomic E-state index is 11.5. The fourth-order valence-corrected chi connectivity index (χ4v) is 1.81. The molecule has 1 aromatic rings. The van der Waals surface area contributed by atoms with Gasteiger partial charge in [-0.15, -0.1) is 0 Å². The third kappa shape index (κ3) is 1.90. The number of halogens is 1. The standard InChI is InChI=1S/C10H11ClN2O2/c1-2-15-10(14)13-5-7-8(11)3-4-12-9(7)6-13/h3-4H,2,5-6H2,1H3. The first-order chi connectivity index (χ1) is 7.22. The number of nitrogens with zero attached hydrogens (tertiary/aromatic N) is 2. The maximum Gasteiger partial charge on any atom is 0.410 e. The first-order valence-electron chi connectivity index (χ1n) is 4.76. The van der Waals surface area contributed by atoms with E-state index >= 15 is 0 Å². The summed E-state index contributed by atoms with van der Waals surface area (Å²) in [6.07, 6.45) is 1.34. The molecule has 0 fully saturated rings. The zero-order valence-corrected chi connectivity index (χ0v) is 9.12. The molecule has 1 amide bonds. The fraction of sp³-hybridized carbons (Fsp3) is 0.400. The lowest BCUT2D eigenvalue weighted by molar-refractivity contribution is 0.106. The van der Waals surface area contributed by atoms with Crippen LogP contribution in [-0.4, -0.2) is 22.6 Å². The SMILES string of the molecule is CCOC(=O)N1Cc2nccc(Cl)c2C1. The number of pyridine rings is 1. The first-order valence-corrected chi connectivity index (χ1v) is 5.14. The molecule has 0 saturated carbocycles. The van der Waals surface area contributed by atoms with E-state index in [4.69, 9.17) is 16.3 Å². The van der Waals surface area contributed by atoms with Crippen molar-refractivity contribution >= 4 is 17.7 Å². The molecule has 0 atom stereocenters. The van der Waals surface area contributed by atoms with E-state index in [1.165, 1.54) is 0 Å². The van der Waals surface area contributed by atoms with Gasteiger partial charge < -0.3 is 4.74 Å². The molecule has 0 aromatic carbocycles. The number of fused-ring (bicyclic) bond motifs is 1. The Morgan fingerprint density at radius 2 is 2.47 bits per heavy atom. The van der Waals surface area contributed by atoms with Crippen LogP contribution in [0.2, 0.25) is 5.02 Å². The van der Waals surface area contributed by atoms with Crippen molar-refractivity contribution in [1.29, 1.82) is 0 Å². The monoisotopic (exact) mass is 226 g/mol. The zero-order valence-electron chi connectivity index (χ0n) is 8.36. The largest absolute Gasteiger partial charge is 0.450 e. The minimum Gasteiger partial charge on any atom is -0.450 e. The van der Waals surface area contributed by atoms with E-state index in [0.717, 1.165) is 11.3 Å². The Morgan fingerprint density at radius 1 is 1.67 bits per heavy atom. The molecular weight excluding hydrogens is 216 g/mol. The van der Waals surface area contributed by atoms with Gasteiger partial charge in [0.15, 0.2) is 0 Å². The molecule has 2 heterocycles. The minimum absolute atomic E-state index is 0.313. The molecule has 1 aliphatic heterocycles. The van der Waals surface area contributed by atoms with E-state index < -0.39 is 0 Å². The number of ether oxygens (including phenoxy) is 1. The Labute approximate surface area is 92.8 Å². The Morgan fingerprint density at radius 3 is 3.13 bits per heavy atom. The van der Waals surface area contributed by atoms with Crippen LogP contribution < -0.4 is 0 Å². The zero-order chi connectivity index (χ0) is 10.8. The molecule has 5 heteroatoms. The highest BCUT2D eigenvalue weighted by Crippen LogP contribution is 2.27. The van der Waals surface area contributed by atoms with Gasteiger partial charge in [0.25, 0.3) is 0 Å². The highest BCUT2D eigenvalue weighted by molar-refractivity contribution is 6.31. The van der Waals surface area contributed by atoms with Crippen molar-refractivity contribution in [2.24, 2.45) is 0 Å². The number of hydrogen-bond acceptors (Lipinski definition) is 3. The number of amides is 1. The third-order valence-electron chi connectivity index (χ3n) is 2.30. The Hall–Kier alpha value is -1.29. The van der Waals surface area contributed by atoms with Gasteiger partial charge in [-0.3, -0.25) is 9.88 Å². The van der Waals surface area contributed by atoms with Crippen molar-refractivity contribution < 1.29 is 9.53 Å². The summed E-state index contributed by atoms with van der Waals surface area (Å²) >= 11 is 6.00. The normalized spacial score (nSPS) is 13.9. The summed E-state index contributed by atoms with van der Waals surface area (Å²) in [5, 5.41) is 0.659. The molecule has 0 spiro atoms. The van der Waals surface area contributed by atoms with E-state index in [9.17, 15) is 4.79 Å². The summed E-state index contributed by atoms with van der Waals surface area (Å²) in [5.41, 5.74) is 1.78. The van der Waals surface area contributed by atoms with Crippen LogP contribution in [0.3, 0.4) is 0 Å². The lowest BCUT2D eigenvalue weighted by Crippen LogP contribution is -2.26. The molecule has 4 nitrogen and oxygen atoms in total. The number of carbonyl (C=O) groups excluding carboxylic acids is 1. The molecule has 80 valence electrons. The summed E-state index contributed by atoms with van der Waals surface area (Å²) in [5.74, 6) is 0. The molecule has 1 aromatic heterocycles. The molecular formula is C10H11ClN2O2. The molecule has 0 unspecified atom stereocenters. The van der Waals surface area contributed by atoms with Gasteiger partial charge in [0.05, 0.1) is 25.4 Å². The summed E-state index contributed by atoms with van der Waals surface area (Å²) in [7, 11) is 0. The second kappa shape index (κ2) is 4.06. The van der Waals surface area contributed by atoms with E-state index in [1.54, 1.807) is 24.1 Å². The van der Waals surface area contributed by atoms with Crippen LogP contribution in [0, 0.1) is 0 Å². The van der Waals surface area contributed by atoms with E-state index in [0.29, 0.717) is 24.7 Å². The van der Waals surface area contributed by atoms with Gasteiger partial charge in [-0.25, -0.2) is 4.79 Å². The van der Waals surface area contributed by atoms with Gasteiger partial charge in [-0.1, -0.05) is 11.6 Å². The van der Waals surface area contributed by atoms with Crippen molar-refractivity contribution in [2.45, 2.75) is 20.0 Å². The van der Waals surface area contributed by atoms with Gasteiger partial charge in [0.2, 0.25) is 0 Å². The first kappa shape index (κ1) is 10.2. The van der Waals surface area contributed by atoms with Crippen LogP contribution in [-0.2, 0) is 17.8 Å². The maximum absolute atomic E-state index is 11.5. The lowest BCUT2D eigenvalue weighted by atomic mass is 10.2. The number of aromatic nitrogens is 1. The third-order valence-corrected chi connectivity index (χ3v) is 2.66. The van der Waals surface area contributed by atoms with Crippen LogP contribution in [0.25, 0.3) is 0 Å². The minimum atomic E-state index is -0.313. The van der Waals surface area contributed by atoms with Gasteiger partial charge in [0, 0.05) is 16.8 Å².